The van der Waals surface area contributed by atoms with E-state index in [4.69, 9.17) is 4.74 Å². The fraction of sp³-hybridized carbons (Fsp3) is 0.409. The van der Waals surface area contributed by atoms with Crippen molar-refractivity contribution >= 4 is 11.6 Å². The lowest BCUT2D eigenvalue weighted by molar-refractivity contribution is -0.904. The van der Waals surface area contributed by atoms with Gasteiger partial charge in [-0.1, -0.05) is 48.5 Å². The molecule has 1 N–H and O–H groups in total. The Bertz CT molecular complexity index is 667. The number of benzene rings is 2. The first kappa shape index (κ1) is 18.6. The highest BCUT2D eigenvalue weighted by Crippen LogP contribution is 2.21. The number of ether oxygens (including phenoxy) is 1. The lowest BCUT2D eigenvalue weighted by atomic mass is 10.0. The number of amides is 1. The molecule has 0 unspecified atom stereocenters. The van der Waals surface area contributed by atoms with Gasteiger partial charge in [0.25, 0.3) is 5.91 Å². The minimum Gasteiger partial charge on any atom is -0.375 e. The number of piperidine rings is 1. The molecule has 2 aromatic rings. The third kappa shape index (κ3) is 4.93. The van der Waals surface area contributed by atoms with Gasteiger partial charge < -0.3 is 14.5 Å². The molecule has 1 amide bonds. The summed E-state index contributed by atoms with van der Waals surface area (Å²) in [4.78, 5) is 16.2. The lowest BCUT2D eigenvalue weighted by Crippen LogP contribution is -3.13. The molecule has 138 valence electrons. The fourth-order valence-corrected chi connectivity index (χ4v) is 3.82. The average Bonchev–Trinajstić information content (AvgIpc) is 2.69. The molecule has 0 bridgehead atoms. The van der Waals surface area contributed by atoms with Crippen LogP contribution < -0.4 is 9.80 Å². The summed E-state index contributed by atoms with van der Waals surface area (Å²) < 4.78 is 5.11. The molecule has 0 radical (unpaired) electrons. The van der Waals surface area contributed by atoms with Crippen molar-refractivity contribution in [1.82, 2.24) is 0 Å². The van der Waals surface area contributed by atoms with Crippen LogP contribution in [0.2, 0.25) is 0 Å². The van der Waals surface area contributed by atoms with Crippen molar-refractivity contribution in [3.8, 4) is 0 Å². The van der Waals surface area contributed by atoms with Gasteiger partial charge in [-0.15, -0.1) is 0 Å². The Balaban J connectivity index is 1.58. The molecule has 1 aliphatic rings. The molecule has 0 aromatic heterocycles. The zero-order valence-corrected chi connectivity index (χ0v) is 15.6. The van der Waals surface area contributed by atoms with E-state index in [0.717, 1.165) is 44.6 Å². The van der Waals surface area contributed by atoms with Crippen LogP contribution in [0.15, 0.2) is 60.7 Å². The van der Waals surface area contributed by atoms with Gasteiger partial charge in [-0.3, -0.25) is 4.79 Å². The van der Waals surface area contributed by atoms with Crippen LogP contribution in [0.25, 0.3) is 0 Å². The maximum atomic E-state index is 12.6. The van der Waals surface area contributed by atoms with E-state index in [1.165, 1.54) is 5.56 Å². The van der Waals surface area contributed by atoms with Crippen molar-refractivity contribution in [2.24, 2.45) is 0 Å². The third-order valence-electron chi connectivity index (χ3n) is 5.21. The van der Waals surface area contributed by atoms with Crippen molar-refractivity contribution in [2.45, 2.75) is 25.3 Å². The fourth-order valence-electron chi connectivity index (χ4n) is 3.82. The van der Waals surface area contributed by atoms with Crippen LogP contribution in [0, 0.1) is 0 Å². The van der Waals surface area contributed by atoms with Crippen LogP contribution in [0.1, 0.15) is 18.4 Å². The summed E-state index contributed by atoms with van der Waals surface area (Å²) in [5, 5.41) is 0. The molecule has 26 heavy (non-hydrogen) atoms. The zero-order chi connectivity index (χ0) is 18.2. The Morgan fingerprint density at radius 1 is 1.04 bits per heavy atom. The molecule has 1 aliphatic heterocycles. The second kappa shape index (κ2) is 9.51. The monoisotopic (exact) mass is 353 g/mol. The largest absolute Gasteiger partial charge is 0.375 e. The molecule has 4 nitrogen and oxygen atoms in total. The van der Waals surface area contributed by atoms with E-state index in [0.29, 0.717) is 0 Å². The third-order valence-corrected chi connectivity index (χ3v) is 5.21. The molecule has 0 atom stereocenters. The van der Waals surface area contributed by atoms with Crippen LogP contribution in [0.5, 0.6) is 0 Å². The molecule has 1 saturated heterocycles. The first-order valence-corrected chi connectivity index (χ1v) is 9.51. The van der Waals surface area contributed by atoms with Gasteiger partial charge in [0, 0.05) is 38.1 Å². The van der Waals surface area contributed by atoms with Crippen molar-refractivity contribution in [3.05, 3.63) is 66.2 Å². The van der Waals surface area contributed by atoms with Gasteiger partial charge in [0.1, 0.15) is 6.61 Å². The van der Waals surface area contributed by atoms with E-state index in [1.54, 1.807) is 12.0 Å². The molecule has 4 heteroatoms. The number of methoxy groups -OCH3 is 1. The van der Waals surface area contributed by atoms with E-state index >= 15 is 0 Å². The number of para-hydroxylation sites is 1. The van der Waals surface area contributed by atoms with Gasteiger partial charge in [0.2, 0.25) is 0 Å². The molecular weight excluding hydrogens is 324 g/mol. The van der Waals surface area contributed by atoms with E-state index in [2.05, 4.69) is 30.3 Å². The highest BCUT2D eigenvalue weighted by Gasteiger charge is 2.30. The number of nitrogens with one attached hydrogen (secondary N) is 1. The van der Waals surface area contributed by atoms with Crippen LogP contribution in [0.3, 0.4) is 0 Å². The summed E-state index contributed by atoms with van der Waals surface area (Å²) in [5.41, 5.74) is 2.38. The number of hydrogen-bond donors (Lipinski definition) is 1. The van der Waals surface area contributed by atoms with Gasteiger partial charge >= 0.3 is 0 Å². The van der Waals surface area contributed by atoms with Gasteiger partial charge in [0.05, 0.1) is 19.6 Å². The van der Waals surface area contributed by atoms with Crippen molar-refractivity contribution in [1.29, 1.82) is 0 Å². The molecule has 0 spiro atoms. The first-order valence-electron chi connectivity index (χ1n) is 9.51. The van der Waals surface area contributed by atoms with Crippen molar-refractivity contribution < 1.29 is 14.4 Å². The molecule has 1 heterocycles. The van der Waals surface area contributed by atoms with Crippen LogP contribution >= 0.6 is 0 Å². The summed E-state index contributed by atoms with van der Waals surface area (Å²) in [7, 11) is 1.58. The predicted octanol–water partition coefficient (Wildman–Crippen LogP) is 1.96. The minimum atomic E-state index is 0.0523. The first-order chi connectivity index (χ1) is 12.8. The molecule has 1 fully saturated rings. The number of carbonyl (C=O) groups is 1. The second-order valence-electron chi connectivity index (χ2n) is 7.00. The maximum absolute atomic E-state index is 12.6. The van der Waals surface area contributed by atoms with Crippen molar-refractivity contribution in [2.75, 3.05) is 38.3 Å². The Labute approximate surface area is 156 Å². The van der Waals surface area contributed by atoms with Gasteiger partial charge in [0.15, 0.2) is 0 Å². The van der Waals surface area contributed by atoms with Crippen LogP contribution in [-0.4, -0.2) is 45.3 Å². The van der Waals surface area contributed by atoms with E-state index in [1.807, 2.05) is 35.2 Å². The lowest BCUT2D eigenvalue weighted by Gasteiger charge is -2.37. The number of hydrogen-bond acceptors (Lipinski definition) is 2. The maximum Gasteiger partial charge on any atom is 0.253 e. The van der Waals surface area contributed by atoms with Crippen LogP contribution in [-0.2, 0) is 16.0 Å². The Hall–Kier alpha value is -2.17. The van der Waals surface area contributed by atoms with Gasteiger partial charge in [-0.2, -0.15) is 0 Å². The van der Waals surface area contributed by atoms with Gasteiger partial charge in [-0.05, 0) is 17.7 Å². The number of anilines is 1. The highest BCUT2D eigenvalue weighted by molar-refractivity contribution is 5.94. The molecular formula is C22H29N2O2+. The SMILES string of the molecule is COCC(=O)N(c1ccccc1)C1CC[NH+](CCc2ccccc2)CC1. The minimum absolute atomic E-state index is 0.0523. The average molecular weight is 353 g/mol. The van der Waals surface area contributed by atoms with E-state index < -0.39 is 0 Å². The molecule has 2 aromatic carbocycles. The Kier molecular flexibility index (Phi) is 6.81. The number of nitrogens with zero attached hydrogens (tertiary/aromatic N) is 1. The topological polar surface area (TPSA) is 34.0 Å². The summed E-state index contributed by atoms with van der Waals surface area (Å²) in [5.74, 6) is 0.0523. The smallest absolute Gasteiger partial charge is 0.253 e. The summed E-state index contributed by atoms with van der Waals surface area (Å²) in [6.07, 6.45) is 3.19. The highest BCUT2D eigenvalue weighted by atomic mass is 16.5. The molecule has 3 rings (SSSR count). The summed E-state index contributed by atoms with van der Waals surface area (Å²) >= 11 is 0. The van der Waals surface area contributed by atoms with Gasteiger partial charge in [-0.25, -0.2) is 0 Å². The normalized spacial score (nSPS) is 19.9. The number of likely N-dealkylation sites (tertiary alicyclic amines) is 1. The molecule has 0 aliphatic carbocycles. The van der Waals surface area contributed by atoms with E-state index in [-0.39, 0.29) is 18.6 Å². The Morgan fingerprint density at radius 3 is 2.27 bits per heavy atom. The standard InChI is InChI=1S/C22H28N2O2/c1-26-18-22(25)24(20-10-6-3-7-11-20)21-13-16-23(17-14-21)15-12-19-8-4-2-5-9-19/h2-11,21H,12-18H2,1H3/p+1. The quantitative estimate of drug-likeness (QED) is 0.826. The number of rotatable bonds is 7. The number of quaternary nitrogens is 1. The Morgan fingerprint density at radius 2 is 1.65 bits per heavy atom. The molecule has 0 saturated carbocycles. The van der Waals surface area contributed by atoms with E-state index in [9.17, 15) is 4.79 Å². The summed E-state index contributed by atoms with van der Waals surface area (Å²) in [6.45, 7) is 3.52. The number of carbonyl (C=O) groups excluding carboxylic acids is 1. The van der Waals surface area contributed by atoms with Crippen LogP contribution in [0.4, 0.5) is 5.69 Å². The second-order valence-corrected chi connectivity index (χ2v) is 7.00. The predicted molar refractivity (Wildman–Crippen MR) is 105 cm³/mol. The van der Waals surface area contributed by atoms with Crippen molar-refractivity contribution in [3.63, 3.8) is 0 Å². The summed E-state index contributed by atoms with van der Waals surface area (Å²) in [6, 6.07) is 20.9. The zero-order valence-electron chi connectivity index (χ0n) is 15.6.